The number of fused-ring (bicyclic) bond motifs is 1. The number of hydrogen-bond acceptors (Lipinski definition) is 6. The number of para-hydroxylation sites is 1. The third-order valence-corrected chi connectivity index (χ3v) is 3.73. The molecule has 3 aromatic rings. The van der Waals surface area contributed by atoms with E-state index in [2.05, 4.69) is 10.5 Å². The molecular weight excluding hydrogens is 346 g/mol. The van der Waals surface area contributed by atoms with Crippen LogP contribution in [0.3, 0.4) is 0 Å². The molecule has 2 aromatic carbocycles. The number of nitrogens with zero attached hydrogens (tertiary/aromatic N) is 2. The van der Waals surface area contributed by atoms with Crippen LogP contribution in [-0.4, -0.2) is 18.2 Å². The molecule has 3 rings (SSSR count). The van der Waals surface area contributed by atoms with Gasteiger partial charge in [0.2, 0.25) is 0 Å². The first kappa shape index (κ1) is 17.9. The van der Waals surface area contributed by atoms with E-state index in [0.29, 0.717) is 22.6 Å². The molecule has 0 atom stereocenters. The van der Waals surface area contributed by atoms with Crippen LogP contribution in [0.25, 0.3) is 11.0 Å². The SMILES string of the molecule is C/C(=N/NC(=O)COc1ccc(C#N)cc1)c1cc2ccccc2oc1=O. The molecule has 134 valence electrons. The summed E-state index contributed by atoms with van der Waals surface area (Å²) < 4.78 is 10.6. The van der Waals surface area contributed by atoms with Crippen LogP contribution < -0.4 is 15.8 Å². The van der Waals surface area contributed by atoms with E-state index in [1.54, 1.807) is 49.4 Å². The van der Waals surface area contributed by atoms with E-state index in [1.807, 2.05) is 18.2 Å². The number of rotatable bonds is 5. The van der Waals surface area contributed by atoms with Crippen LogP contribution in [0.2, 0.25) is 0 Å². The van der Waals surface area contributed by atoms with Gasteiger partial charge in [0.25, 0.3) is 5.91 Å². The molecule has 0 aliphatic rings. The van der Waals surface area contributed by atoms with Crippen molar-refractivity contribution in [3.05, 3.63) is 76.1 Å². The van der Waals surface area contributed by atoms with Crippen molar-refractivity contribution in [3.8, 4) is 11.8 Å². The zero-order valence-electron chi connectivity index (χ0n) is 14.4. The van der Waals surface area contributed by atoms with Crippen molar-refractivity contribution in [1.29, 1.82) is 5.26 Å². The first-order chi connectivity index (χ1) is 13.1. The predicted octanol–water partition coefficient (Wildman–Crippen LogP) is 2.58. The molecule has 0 aliphatic heterocycles. The first-order valence-electron chi connectivity index (χ1n) is 8.06. The Kier molecular flexibility index (Phi) is 5.28. The zero-order valence-corrected chi connectivity index (χ0v) is 14.4. The Morgan fingerprint density at radius 2 is 1.96 bits per heavy atom. The molecule has 1 heterocycles. The lowest BCUT2D eigenvalue weighted by molar-refractivity contribution is -0.123. The molecule has 0 bridgehead atoms. The molecule has 1 aromatic heterocycles. The Morgan fingerprint density at radius 1 is 1.22 bits per heavy atom. The summed E-state index contributed by atoms with van der Waals surface area (Å²) in [6.45, 7) is 1.35. The number of hydrogen-bond donors (Lipinski definition) is 1. The van der Waals surface area contributed by atoms with Crippen LogP contribution in [0.15, 0.2) is 68.9 Å². The quantitative estimate of drug-likeness (QED) is 0.427. The van der Waals surface area contributed by atoms with Crippen LogP contribution in [0.1, 0.15) is 18.1 Å². The lowest BCUT2D eigenvalue weighted by atomic mass is 10.1. The third kappa shape index (κ3) is 4.38. The Labute approximate surface area is 154 Å². The van der Waals surface area contributed by atoms with Gasteiger partial charge in [-0.3, -0.25) is 4.79 Å². The van der Waals surface area contributed by atoms with Gasteiger partial charge in [0.15, 0.2) is 6.61 Å². The topological polar surface area (TPSA) is 105 Å². The molecule has 1 N–H and O–H groups in total. The van der Waals surface area contributed by atoms with E-state index in [9.17, 15) is 9.59 Å². The van der Waals surface area contributed by atoms with Gasteiger partial charge < -0.3 is 9.15 Å². The maximum Gasteiger partial charge on any atom is 0.345 e. The van der Waals surface area contributed by atoms with Gasteiger partial charge in [-0.15, -0.1) is 0 Å². The van der Waals surface area contributed by atoms with E-state index in [4.69, 9.17) is 14.4 Å². The van der Waals surface area contributed by atoms with Crippen LogP contribution in [0.5, 0.6) is 5.75 Å². The summed E-state index contributed by atoms with van der Waals surface area (Å²) >= 11 is 0. The molecule has 0 aliphatic carbocycles. The van der Waals surface area contributed by atoms with Crippen LogP contribution in [-0.2, 0) is 4.79 Å². The predicted molar refractivity (Wildman–Crippen MR) is 99.5 cm³/mol. The smallest absolute Gasteiger partial charge is 0.345 e. The molecular formula is C20H15N3O4. The zero-order chi connectivity index (χ0) is 19.2. The summed E-state index contributed by atoms with van der Waals surface area (Å²) in [4.78, 5) is 23.9. The van der Waals surface area contributed by atoms with Gasteiger partial charge in [0.1, 0.15) is 11.3 Å². The van der Waals surface area contributed by atoms with Gasteiger partial charge in [0, 0.05) is 5.39 Å². The average molecular weight is 361 g/mol. The van der Waals surface area contributed by atoms with Crippen molar-refractivity contribution in [1.82, 2.24) is 5.43 Å². The fraction of sp³-hybridized carbons (Fsp3) is 0.100. The number of nitrogens with one attached hydrogen (secondary N) is 1. The minimum absolute atomic E-state index is 0.255. The maximum absolute atomic E-state index is 12.1. The Hall–Kier alpha value is -3.92. The molecule has 7 heteroatoms. The van der Waals surface area contributed by atoms with Gasteiger partial charge in [-0.1, -0.05) is 18.2 Å². The van der Waals surface area contributed by atoms with Crippen molar-refractivity contribution in [2.75, 3.05) is 6.61 Å². The normalized spacial score (nSPS) is 11.0. The summed E-state index contributed by atoms with van der Waals surface area (Å²) in [6, 6.07) is 17.2. The second kappa shape index (κ2) is 7.97. The van der Waals surface area contributed by atoms with Crippen LogP contribution >= 0.6 is 0 Å². The largest absolute Gasteiger partial charge is 0.484 e. The lowest BCUT2D eigenvalue weighted by Gasteiger charge is -2.06. The molecule has 27 heavy (non-hydrogen) atoms. The number of benzene rings is 2. The lowest BCUT2D eigenvalue weighted by Crippen LogP contribution is -2.26. The van der Waals surface area contributed by atoms with Crippen LogP contribution in [0.4, 0.5) is 0 Å². The molecule has 0 spiro atoms. The highest BCUT2D eigenvalue weighted by atomic mass is 16.5. The number of amides is 1. The molecule has 0 fully saturated rings. The molecule has 0 radical (unpaired) electrons. The molecule has 7 nitrogen and oxygen atoms in total. The van der Waals surface area contributed by atoms with Gasteiger partial charge in [-0.2, -0.15) is 10.4 Å². The van der Waals surface area contributed by atoms with E-state index >= 15 is 0 Å². The Morgan fingerprint density at radius 3 is 2.70 bits per heavy atom. The van der Waals surface area contributed by atoms with Crippen molar-refractivity contribution in [2.24, 2.45) is 5.10 Å². The summed E-state index contributed by atoms with van der Waals surface area (Å²) in [7, 11) is 0. The van der Waals surface area contributed by atoms with E-state index in [0.717, 1.165) is 5.39 Å². The Balaban J connectivity index is 1.64. The number of carbonyl (C=O) groups excluding carboxylic acids is 1. The monoisotopic (exact) mass is 361 g/mol. The average Bonchev–Trinajstić information content (AvgIpc) is 2.70. The van der Waals surface area contributed by atoms with Crippen molar-refractivity contribution >= 4 is 22.6 Å². The minimum atomic E-state index is -0.530. The minimum Gasteiger partial charge on any atom is -0.484 e. The first-order valence-corrected chi connectivity index (χ1v) is 8.06. The number of nitriles is 1. The third-order valence-electron chi connectivity index (χ3n) is 3.73. The molecule has 1 amide bonds. The van der Waals surface area contributed by atoms with E-state index < -0.39 is 11.5 Å². The standard InChI is InChI=1S/C20H15N3O4/c1-13(17-10-15-4-2-3-5-18(15)27-20(17)25)22-23-19(24)12-26-16-8-6-14(11-21)7-9-16/h2-10H,12H2,1H3,(H,23,24)/b22-13-. The van der Waals surface area contributed by atoms with E-state index in [1.165, 1.54) is 0 Å². The number of hydrazone groups is 1. The molecule has 0 saturated carbocycles. The van der Waals surface area contributed by atoms with Gasteiger partial charge in [-0.05, 0) is 43.3 Å². The number of carbonyl (C=O) groups is 1. The summed E-state index contributed by atoms with van der Waals surface area (Å²) in [6.07, 6.45) is 0. The summed E-state index contributed by atoms with van der Waals surface area (Å²) in [5.41, 5.74) is 3.38. The summed E-state index contributed by atoms with van der Waals surface area (Å²) in [5.74, 6) is -0.0242. The fourth-order valence-electron chi connectivity index (χ4n) is 2.33. The van der Waals surface area contributed by atoms with Crippen molar-refractivity contribution in [3.63, 3.8) is 0 Å². The second-order valence-electron chi connectivity index (χ2n) is 5.64. The van der Waals surface area contributed by atoms with Crippen molar-refractivity contribution in [2.45, 2.75) is 6.92 Å². The van der Waals surface area contributed by atoms with Gasteiger partial charge in [-0.25, -0.2) is 10.2 Å². The Bertz CT molecular complexity index is 1110. The van der Waals surface area contributed by atoms with E-state index in [-0.39, 0.29) is 12.2 Å². The molecule has 0 saturated heterocycles. The van der Waals surface area contributed by atoms with Crippen molar-refractivity contribution < 1.29 is 13.9 Å². The highest BCUT2D eigenvalue weighted by molar-refractivity contribution is 6.00. The molecule has 0 unspecified atom stereocenters. The second-order valence-corrected chi connectivity index (χ2v) is 5.64. The van der Waals surface area contributed by atoms with Crippen LogP contribution in [0, 0.1) is 11.3 Å². The maximum atomic E-state index is 12.1. The number of ether oxygens (including phenoxy) is 1. The van der Waals surface area contributed by atoms with Gasteiger partial charge >= 0.3 is 5.63 Å². The highest BCUT2D eigenvalue weighted by Gasteiger charge is 2.09. The highest BCUT2D eigenvalue weighted by Crippen LogP contribution is 2.13. The summed E-state index contributed by atoms with van der Waals surface area (Å²) in [5, 5.41) is 13.4. The fourth-order valence-corrected chi connectivity index (χ4v) is 2.33. The van der Waals surface area contributed by atoms with Gasteiger partial charge in [0.05, 0.1) is 22.9 Å².